The van der Waals surface area contributed by atoms with Crippen molar-refractivity contribution in [2.75, 3.05) is 6.54 Å². The Balaban J connectivity index is 2.51. The number of aromatic amines is 1. The third-order valence-electron chi connectivity index (χ3n) is 2.27. The number of benzene rings is 1. The van der Waals surface area contributed by atoms with Gasteiger partial charge in [-0.15, -0.1) is 0 Å². The number of hydrogen-bond acceptors (Lipinski definition) is 2. The predicted octanol–water partition coefficient (Wildman–Crippen LogP) is 2.05. The van der Waals surface area contributed by atoms with Crippen LogP contribution in [0.2, 0.25) is 0 Å². The van der Waals surface area contributed by atoms with Crippen molar-refractivity contribution in [1.82, 2.24) is 9.55 Å². The molecule has 0 fully saturated rings. The minimum atomic E-state index is 0.696. The summed E-state index contributed by atoms with van der Waals surface area (Å²) >= 11 is 5.23. The van der Waals surface area contributed by atoms with Crippen LogP contribution in [0.4, 0.5) is 0 Å². The maximum Gasteiger partial charge on any atom is 0.178 e. The Kier molecular flexibility index (Phi) is 2.65. The summed E-state index contributed by atoms with van der Waals surface area (Å²) in [4.78, 5) is 3.17. The van der Waals surface area contributed by atoms with Gasteiger partial charge in [-0.3, -0.25) is 0 Å². The van der Waals surface area contributed by atoms with Gasteiger partial charge in [0.25, 0.3) is 0 Å². The molecule has 74 valence electrons. The zero-order chi connectivity index (χ0) is 9.97. The highest BCUT2D eigenvalue weighted by molar-refractivity contribution is 7.71. The molecule has 0 aliphatic carbocycles. The molecule has 14 heavy (non-hydrogen) atoms. The van der Waals surface area contributed by atoms with Gasteiger partial charge in [0, 0.05) is 6.54 Å². The first-order valence-corrected chi connectivity index (χ1v) is 5.11. The van der Waals surface area contributed by atoms with Crippen molar-refractivity contribution in [3.8, 4) is 0 Å². The average molecular weight is 207 g/mol. The lowest BCUT2D eigenvalue weighted by atomic mass is 10.3. The first-order chi connectivity index (χ1) is 6.83. The molecule has 1 aromatic carbocycles. The topological polar surface area (TPSA) is 46.7 Å². The molecule has 0 unspecified atom stereocenters. The maximum atomic E-state index is 5.48. The highest BCUT2D eigenvalue weighted by Gasteiger charge is 2.01. The van der Waals surface area contributed by atoms with E-state index in [0.717, 1.165) is 28.8 Å². The van der Waals surface area contributed by atoms with E-state index in [9.17, 15) is 0 Å². The molecule has 0 atom stereocenters. The molecule has 2 rings (SSSR count). The summed E-state index contributed by atoms with van der Waals surface area (Å²) in [5.74, 6) is 0. The van der Waals surface area contributed by atoms with Gasteiger partial charge < -0.3 is 15.3 Å². The Bertz CT molecular complexity index is 483. The summed E-state index contributed by atoms with van der Waals surface area (Å²) in [6.45, 7) is 1.58. The second-order valence-corrected chi connectivity index (χ2v) is 3.63. The molecule has 0 spiro atoms. The normalized spacial score (nSPS) is 10.9. The van der Waals surface area contributed by atoms with Crippen LogP contribution in [0.15, 0.2) is 24.3 Å². The summed E-state index contributed by atoms with van der Waals surface area (Å²) in [5, 5.41) is 0. The van der Waals surface area contributed by atoms with Gasteiger partial charge >= 0.3 is 0 Å². The third-order valence-corrected chi connectivity index (χ3v) is 2.59. The molecule has 0 saturated carbocycles. The van der Waals surface area contributed by atoms with Gasteiger partial charge in [-0.05, 0) is 37.3 Å². The second-order valence-electron chi connectivity index (χ2n) is 3.24. The standard InChI is InChI=1S/C10H13N3S/c11-6-3-7-13-9-5-2-1-4-8(9)12-10(13)14/h1-2,4-5H,3,6-7,11H2,(H,12,14). The van der Waals surface area contributed by atoms with Crippen molar-refractivity contribution in [2.45, 2.75) is 13.0 Å². The van der Waals surface area contributed by atoms with E-state index >= 15 is 0 Å². The average Bonchev–Trinajstić information content (AvgIpc) is 2.51. The van der Waals surface area contributed by atoms with Crippen LogP contribution in [0, 0.1) is 4.77 Å². The molecule has 3 N–H and O–H groups in total. The number of hydrogen-bond donors (Lipinski definition) is 2. The molecular weight excluding hydrogens is 194 g/mol. The highest BCUT2D eigenvalue weighted by atomic mass is 32.1. The van der Waals surface area contributed by atoms with Crippen molar-refractivity contribution in [3.05, 3.63) is 29.0 Å². The molecule has 0 aliphatic heterocycles. The van der Waals surface area contributed by atoms with E-state index in [1.807, 2.05) is 18.2 Å². The van der Waals surface area contributed by atoms with Crippen LogP contribution in [0.25, 0.3) is 11.0 Å². The Morgan fingerprint density at radius 2 is 2.14 bits per heavy atom. The Labute approximate surface area is 87.5 Å². The second kappa shape index (κ2) is 3.94. The summed E-state index contributed by atoms with van der Waals surface area (Å²) in [6, 6.07) is 8.12. The van der Waals surface area contributed by atoms with Gasteiger partial charge in [-0.2, -0.15) is 0 Å². The molecule has 0 aliphatic rings. The van der Waals surface area contributed by atoms with Gasteiger partial charge in [0.2, 0.25) is 0 Å². The number of rotatable bonds is 3. The number of para-hydroxylation sites is 2. The maximum absolute atomic E-state index is 5.48. The molecule has 3 nitrogen and oxygen atoms in total. The lowest BCUT2D eigenvalue weighted by Crippen LogP contribution is -2.05. The zero-order valence-corrected chi connectivity index (χ0v) is 8.68. The smallest absolute Gasteiger partial charge is 0.178 e. The van der Waals surface area contributed by atoms with Crippen molar-refractivity contribution in [3.63, 3.8) is 0 Å². The molecule has 1 aromatic heterocycles. The number of nitrogens with two attached hydrogens (primary N) is 1. The van der Waals surface area contributed by atoms with Crippen molar-refractivity contribution in [1.29, 1.82) is 0 Å². The minimum Gasteiger partial charge on any atom is -0.331 e. The van der Waals surface area contributed by atoms with Crippen LogP contribution in [-0.2, 0) is 6.54 Å². The Morgan fingerprint density at radius 1 is 1.36 bits per heavy atom. The lowest BCUT2D eigenvalue weighted by Gasteiger charge is -2.01. The van der Waals surface area contributed by atoms with Crippen LogP contribution >= 0.6 is 12.2 Å². The fourth-order valence-electron chi connectivity index (χ4n) is 1.58. The van der Waals surface area contributed by atoms with Crippen LogP contribution in [-0.4, -0.2) is 16.1 Å². The van der Waals surface area contributed by atoms with Crippen molar-refractivity contribution < 1.29 is 0 Å². The fraction of sp³-hybridized carbons (Fsp3) is 0.300. The van der Waals surface area contributed by atoms with E-state index in [2.05, 4.69) is 15.6 Å². The monoisotopic (exact) mass is 207 g/mol. The van der Waals surface area contributed by atoms with Gasteiger partial charge in [0.1, 0.15) is 0 Å². The molecule has 0 bridgehead atoms. The van der Waals surface area contributed by atoms with Crippen molar-refractivity contribution >= 4 is 23.3 Å². The van der Waals surface area contributed by atoms with Crippen LogP contribution < -0.4 is 5.73 Å². The summed E-state index contributed by atoms with van der Waals surface area (Å²) in [6.07, 6.45) is 0.955. The van der Waals surface area contributed by atoms with Crippen LogP contribution in [0.1, 0.15) is 6.42 Å². The van der Waals surface area contributed by atoms with Crippen molar-refractivity contribution in [2.24, 2.45) is 5.73 Å². The van der Waals surface area contributed by atoms with E-state index < -0.39 is 0 Å². The van der Waals surface area contributed by atoms with E-state index in [-0.39, 0.29) is 0 Å². The van der Waals surface area contributed by atoms with E-state index in [0.29, 0.717) is 6.54 Å². The fourth-order valence-corrected chi connectivity index (χ4v) is 1.88. The van der Waals surface area contributed by atoms with Gasteiger partial charge in [0.15, 0.2) is 4.77 Å². The molecule has 4 heteroatoms. The zero-order valence-electron chi connectivity index (χ0n) is 7.86. The summed E-state index contributed by atoms with van der Waals surface area (Å²) in [5.41, 5.74) is 7.73. The quantitative estimate of drug-likeness (QED) is 0.757. The largest absolute Gasteiger partial charge is 0.331 e. The molecule has 1 heterocycles. The number of fused-ring (bicyclic) bond motifs is 1. The summed E-state index contributed by atoms with van der Waals surface area (Å²) < 4.78 is 2.87. The molecule has 0 saturated heterocycles. The number of aromatic nitrogens is 2. The molecular formula is C10H13N3S. The van der Waals surface area contributed by atoms with Crippen LogP contribution in [0.3, 0.4) is 0 Å². The number of imidazole rings is 1. The molecule has 0 radical (unpaired) electrons. The predicted molar refractivity (Wildman–Crippen MR) is 60.8 cm³/mol. The lowest BCUT2D eigenvalue weighted by molar-refractivity contribution is 0.659. The number of H-pyrrole nitrogens is 1. The van der Waals surface area contributed by atoms with E-state index in [1.165, 1.54) is 0 Å². The first kappa shape index (κ1) is 9.43. The van der Waals surface area contributed by atoms with Gasteiger partial charge in [0.05, 0.1) is 11.0 Å². The highest BCUT2D eigenvalue weighted by Crippen LogP contribution is 2.13. The number of nitrogens with zero attached hydrogens (tertiary/aromatic N) is 1. The Hall–Kier alpha value is -1.13. The number of nitrogens with one attached hydrogen (secondary N) is 1. The van der Waals surface area contributed by atoms with Crippen LogP contribution in [0.5, 0.6) is 0 Å². The molecule has 0 amide bonds. The number of aryl methyl sites for hydroxylation is 1. The van der Waals surface area contributed by atoms with Gasteiger partial charge in [-0.25, -0.2) is 0 Å². The summed E-state index contributed by atoms with van der Waals surface area (Å²) in [7, 11) is 0. The van der Waals surface area contributed by atoms with Gasteiger partial charge in [-0.1, -0.05) is 12.1 Å². The minimum absolute atomic E-state index is 0.696. The SMILES string of the molecule is NCCCn1c(=S)[nH]c2ccccc21. The molecule has 2 aromatic rings. The van der Waals surface area contributed by atoms with E-state index in [4.69, 9.17) is 18.0 Å². The Morgan fingerprint density at radius 3 is 2.93 bits per heavy atom. The third kappa shape index (κ3) is 1.58. The first-order valence-electron chi connectivity index (χ1n) is 4.70. The van der Waals surface area contributed by atoms with E-state index in [1.54, 1.807) is 0 Å².